The number of benzene rings is 2. The second-order valence-electron chi connectivity index (χ2n) is 18.7. The van der Waals surface area contributed by atoms with Crippen LogP contribution in [0.2, 0.25) is 0 Å². The molecule has 9 aliphatic rings. The molecule has 0 aromatic heterocycles. The zero-order chi connectivity index (χ0) is 41.7. The number of piperidine rings is 1. The van der Waals surface area contributed by atoms with Crippen LogP contribution in [0.3, 0.4) is 0 Å². The standard InChI is InChI=1S/C46H56N4O9/c1-8-41-15-12-18-50-20-17-44(36(41)50)29-21-30(33(56-5)22-32(29)48(4)37(44)46(55,40(53)58-7)38(41)59-26(3)51)45(39(52)57-6)23-27-24-49-19-16-43(34(27)42(54,9-2)25-49)28-13-10-11-14-31(28)47-35(43)45/h10-15,21-22,27,34,36-38,54-55H,8-9,16-20,23-25H2,1-7H3/t27-,34-,36+,37-,38-,41-,42+,43+,44-,45+,46+/m1/s1. The molecule has 12 atom stereocenters. The molecule has 13 nitrogen and oxygen atoms in total. The van der Waals surface area contributed by atoms with Crippen LogP contribution in [0.1, 0.15) is 69.6 Å². The lowest BCUT2D eigenvalue weighted by atomic mass is 9.44. The summed E-state index contributed by atoms with van der Waals surface area (Å²) < 4.78 is 23.9. The summed E-state index contributed by atoms with van der Waals surface area (Å²) >= 11 is 0. The minimum absolute atomic E-state index is 0.103. The fourth-order valence-corrected chi connectivity index (χ4v) is 15.1. The fraction of sp³-hybridized carbons (Fsp3) is 0.609. The van der Waals surface area contributed by atoms with Crippen molar-refractivity contribution in [2.45, 2.75) is 98.5 Å². The Hall–Kier alpha value is -4.30. The molecule has 11 rings (SSSR count). The molecule has 6 fully saturated rings. The molecule has 2 spiro atoms. The number of esters is 3. The number of rotatable bonds is 7. The molecule has 1 unspecified atom stereocenters. The summed E-state index contributed by atoms with van der Waals surface area (Å²) in [5.41, 5.74) is -2.63. The van der Waals surface area contributed by atoms with E-state index in [1.54, 1.807) is 7.11 Å². The summed E-state index contributed by atoms with van der Waals surface area (Å²) in [6.07, 6.45) is 5.47. The molecular formula is C46H56N4O9. The molecule has 4 saturated heterocycles. The van der Waals surface area contributed by atoms with Gasteiger partial charge in [-0.25, -0.2) is 4.79 Å². The zero-order valence-electron chi connectivity index (χ0n) is 35.1. The molecule has 2 aliphatic carbocycles. The van der Waals surface area contributed by atoms with E-state index >= 15 is 4.79 Å². The number of para-hydroxylation sites is 1. The summed E-state index contributed by atoms with van der Waals surface area (Å²) in [6.45, 7) is 8.72. The van der Waals surface area contributed by atoms with Crippen molar-refractivity contribution in [3.63, 3.8) is 0 Å². The van der Waals surface area contributed by atoms with Gasteiger partial charge in [0.1, 0.15) is 11.2 Å². The number of nitrogens with zero attached hydrogens (tertiary/aromatic N) is 4. The van der Waals surface area contributed by atoms with Crippen molar-refractivity contribution in [1.29, 1.82) is 0 Å². The number of fused-ring (bicyclic) bond motifs is 4. The SMILES string of the molecule is CC[C@]1(O)CN2CC[C@]34C(=Nc5ccccc53)[C@@](C(=O)OC)(c3cc5c(cc3OC)N(C)[C@H]3[C@@](O)(C(=O)OC)[C@H](OC(C)=O)[C@]6(CC)C=CCN7CC[C@]53[C@@H]76)C[C@H](C2)[C@H]14. The Balaban J connectivity index is 1.27. The van der Waals surface area contributed by atoms with Crippen LogP contribution in [-0.4, -0.2) is 134 Å². The van der Waals surface area contributed by atoms with Crippen LogP contribution in [0, 0.1) is 17.3 Å². The Morgan fingerprint density at radius 3 is 2.39 bits per heavy atom. The van der Waals surface area contributed by atoms with Gasteiger partial charge in [-0.2, -0.15) is 0 Å². The first kappa shape index (κ1) is 38.9. The van der Waals surface area contributed by atoms with Gasteiger partial charge in [-0.05, 0) is 74.4 Å². The number of ether oxygens (including phenoxy) is 4. The number of methoxy groups -OCH3 is 3. The van der Waals surface area contributed by atoms with Gasteiger partial charge >= 0.3 is 17.9 Å². The van der Waals surface area contributed by atoms with Gasteiger partial charge in [0.15, 0.2) is 6.10 Å². The van der Waals surface area contributed by atoms with Gasteiger partial charge in [0.2, 0.25) is 5.60 Å². The van der Waals surface area contributed by atoms with Gasteiger partial charge in [-0.15, -0.1) is 0 Å². The van der Waals surface area contributed by atoms with Crippen LogP contribution in [0.25, 0.3) is 0 Å². The highest BCUT2D eigenvalue weighted by Crippen LogP contribution is 2.70. The topological polar surface area (TPSA) is 151 Å². The van der Waals surface area contributed by atoms with Gasteiger partial charge in [0.05, 0.1) is 44.4 Å². The molecular weight excluding hydrogens is 753 g/mol. The number of aliphatic hydroxyl groups is 2. The Labute approximate surface area is 345 Å². The third kappa shape index (κ3) is 4.35. The van der Waals surface area contributed by atoms with Crippen LogP contribution in [0.15, 0.2) is 53.5 Å². The highest BCUT2D eigenvalue weighted by molar-refractivity contribution is 6.21. The van der Waals surface area contributed by atoms with Crippen LogP contribution in [0.5, 0.6) is 5.75 Å². The summed E-state index contributed by atoms with van der Waals surface area (Å²) in [4.78, 5) is 54.9. The Morgan fingerprint density at radius 2 is 1.69 bits per heavy atom. The summed E-state index contributed by atoms with van der Waals surface area (Å²) in [7, 11) is 6.16. The molecule has 2 aromatic rings. The molecule has 13 heteroatoms. The summed E-state index contributed by atoms with van der Waals surface area (Å²) in [5.74, 6) is -1.76. The zero-order valence-corrected chi connectivity index (χ0v) is 35.1. The maximum absolute atomic E-state index is 15.3. The van der Waals surface area contributed by atoms with Crippen molar-refractivity contribution >= 4 is 35.0 Å². The number of anilines is 1. The first-order chi connectivity index (χ1) is 28.2. The van der Waals surface area contributed by atoms with Gasteiger partial charge < -0.3 is 39.0 Å². The number of likely N-dealkylation sites (N-methyl/N-ethyl adjacent to an activating group) is 1. The first-order valence-electron chi connectivity index (χ1n) is 21.3. The lowest BCUT2D eigenvalue weighted by Crippen LogP contribution is -2.81. The lowest BCUT2D eigenvalue weighted by Gasteiger charge is -2.63. The molecule has 2 saturated carbocycles. The van der Waals surface area contributed by atoms with Crippen LogP contribution in [-0.2, 0) is 44.8 Å². The summed E-state index contributed by atoms with van der Waals surface area (Å²) in [5, 5.41) is 26.0. The van der Waals surface area contributed by atoms with E-state index in [4.69, 9.17) is 23.9 Å². The number of carbonyl (C=O) groups is 3. The monoisotopic (exact) mass is 808 g/mol. The smallest absolute Gasteiger partial charge is 0.344 e. The van der Waals surface area contributed by atoms with E-state index in [1.807, 2.05) is 43.1 Å². The average Bonchev–Trinajstić information content (AvgIpc) is 3.82. The highest BCUT2D eigenvalue weighted by Gasteiger charge is 2.81. The normalized spacial score (nSPS) is 41.8. The molecule has 59 heavy (non-hydrogen) atoms. The van der Waals surface area contributed by atoms with E-state index in [0.717, 1.165) is 35.6 Å². The van der Waals surface area contributed by atoms with Crippen molar-refractivity contribution in [3.05, 3.63) is 65.2 Å². The van der Waals surface area contributed by atoms with Crippen LogP contribution < -0.4 is 9.64 Å². The largest absolute Gasteiger partial charge is 0.496 e. The second kappa shape index (κ2) is 12.6. The molecule has 2 aromatic carbocycles. The Bertz CT molecular complexity index is 2250. The van der Waals surface area contributed by atoms with Gasteiger partial charge in [0.25, 0.3) is 0 Å². The molecule has 0 amide bonds. The molecule has 7 heterocycles. The molecule has 7 aliphatic heterocycles. The van der Waals surface area contributed by atoms with Crippen molar-refractivity contribution in [1.82, 2.24) is 9.80 Å². The van der Waals surface area contributed by atoms with E-state index in [9.17, 15) is 19.8 Å². The van der Waals surface area contributed by atoms with Crippen molar-refractivity contribution in [2.24, 2.45) is 22.2 Å². The third-order valence-corrected chi connectivity index (χ3v) is 16.7. The summed E-state index contributed by atoms with van der Waals surface area (Å²) in [6, 6.07) is 11.0. The van der Waals surface area contributed by atoms with E-state index < -0.39 is 62.9 Å². The number of aliphatic imine (C=N–C) groups is 1. The van der Waals surface area contributed by atoms with Crippen LogP contribution in [0.4, 0.5) is 11.4 Å². The van der Waals surface area contributed by atoms with Gasteiger partial charge in [0, 0.05) is 79.1 Å². The van der Waals surface area contributed by atoms with Crippen molar-refractivity contribution in [2.75, 3.05) is 66.0 Å². The molecule has 0 radical (unpaired) electrons. The fourth-order valence-electron chi connectivity index (χ4n) is 15.1. The lowest BCUT2D eigenvalue weighted by molar-refractivity contribution is -0.228. The highest BCUT2D eigenvalue weighted by atomic mass is 16.6. The number of carbonyl (C=O) groups excluding carboxylic acids is 3. The maximum Gasteiger partial charge on any atom is 0.344 e. The molecule has 4 bridgehead atoms. The third-order valence-electron chi connectivity index (χ3n) is 16.7. The quantitative estimate of drug-likeness (QED) is 0.239. The Morgan fingerprint density at radius 1 is 0.932 bits per heavy atom. The van der Waals surface area contributed by atoms with E-state index in [-0.39, 0.29) is 17.9 Å². The number of hydrogen-bond acceptors (Lipinski definition) is 13. The molecule has 2 N–H and O–H groups in total. The Kier molecular flexibility index (Phi) is 8.32. The minimum atomic E-state index is -2.30. The van der Waals surface area contributed by atoms with E-state index in [0.29, 0.717) is 68.8 Å². The van der Waals surface area contributed by atoms with E-state index in [1.165, 1.54) is 21.1 Å². The van der Waals surface area contributed by atoms with Gasteiger partial charge in [-0.1, -0.05) is 44.2 Å². The van der Waals surface area contributed by atoms with Gasteiger partial charge in [-0.3, -0.25) is 19.5 Å². The predicted octanol–water partition coefficient (Wildman–Crippen LogP) is 3.57. The average molecular weight is 809 g/mol. The number of hydrogen-bond donors (Lipinski definition) is 2. The van der Waals surface area contributed by atoms with Crippen LogP contribution >= 0.6 is 0 Å². The maximum atomic E-state index is 15.3. The minimum Gasteiger partial charge on any atom is -0.496 e. The van der Waals surface area contributed by atoms with Crippen molar-refractivity contribution < 1.29 is 43.5 Å². The molecule has 314 valence electrons. The van der Waals surface area contributed by atoms with E-state index in [2.05, 4.69) is 41.0 Å². The van der Waals surface area contributed by atoms with Crippen molar-refractivity contribution in [3.8, 4) is 5.75 Å². The second-order valence-corrected chi connectivity index (χ2v) is 18.7. The first-order valence-corrected chi connectivity index (χ1v) is 21.3. The predicted molar refractivity (Wildman–Crippen MR) is 218 cm³/mol.